The van der Waals surface area contributed by atoms with E-state index in [0.717, 1.165) is 0 Å². The summed E-state index contributed by atoms with van der Waals surface area (Å²) in [5.41, 5.74) is 0. The van der Waals surface area contributed by atoms with Gasteiger partial charge in [-0.3, -0.25) is 0 Å². The van der Waals surface area contributed by atoms with Crippen LogP contribution in [0.25, 0.3) is 0 Å². The molecule has 0 aromatic heterocycles. The molecule has 10 heteroatoms. The standard InChI is InChI=1S/C8H20F3O4PSi2/c1-17(2,3)8(11,18(4,5)6)7(9,10)15-16(12,13)14/h1-6H3,(H2,12,13,14). The first-order valence-electron chi connectivity index (χ1n) is 5.29. The third kappa shape index (κ3) is 3.46. The third-order valence-electron chi connectivity index (χ3n) is 2.70. The summed E-state index contributed by atoms with van der Waals surface area (Å²) in [6.45, 7) is 8.35. The number of halogens is 3. The summed E-state index contributed by atoms with van der Waals surface area (Å²) >= 11 is 0. The van der Waals surface area contributed by atoms with E-state index in [2.05, 4.69) is 4.52 Å². The molecule has 0 fully saturated rings. The number of hydrogen-bond donors (Lipinski definition) is 2. The number of alkyl halides is 3. The Labute approximate surface area is 107 Å². The number of rotatable bonds is 5. The van der Waals surface area contributed by atoms with E-state index in [-0.39, 0.29) is 0 Å². The van der Waals surface area contributed by atoms with Gasteiger partial charge in [0, 0.05) is 0 Å². The van der Waals surface area contributed by atoms with Gasteiger partial charge in [-0.05, 0) is 0 Å². The average molecular weight is 324 g/mol. The molecule has 0 rings (SSSR count). The van der Waals surface area contributed by atoms with Crippen LogP contribution in [0.4, 0.5) is 13.2 Å². The monoisotopic (exact) mass is 324 g/mol. The van der Waals surface area contributed by atoms with Crippen molar-refractivity contribution in [2.24, 2.45) is 0 Å². The van der Waals surface area contributed by atoms with E-state index in [1.165, 1.54) is 39.3 Å². The van der Waals surface area contributed by atoms with E-state index in [0.29, 0.717) is 0 Å². The summed E-state index contributed by atoms with van der Waals surface area (Å²) in [6.07, 6.45) is -4.50. The maximum atomic E-state index is 15.0. The number of hydrogen-bond acceptors (Lipinski definition) is 2. The second-order valence-corrected chi connectivity index (χ2v) is 18.3. The van der Waals surface area contributed by atoms with Crippen LogP contribution in [0.15, 0.2) is 0 Å². The Morgan fingerprint density at radius 1 is 0.944 bits per heavy atom. The van der Waals surface area contributed by atoms with Gasteiger partial charge >= 0.3 is 13.9 Å². The van der Waals surface area contributed by atoms with Crippen molar-refractivity contribution in [1.29, 1.82) is 0 Å². The zero-order valence-electron chi connectivity index (χ0n) is 11.3. The quantitative estimate of drug-likeness (QED) is 0.602. The lowest BCUT2D eigenvalue weighted by Gasteiger charge is -2.48. The molecule has 0 saturated heterocycles. The van der Waals surface area contributed by atoms with E-state index < -0.39 is 35.0 Å². The van der Waals surface area contributed by atoms with Gasteiger partial charge in [-0.25, -0.2) is 13.5 Å². The lowest BCUT2D eigenvalue weighted by Crippen LogP contribution is -2.72. The van der Waals surface area contributed by atoms with Crippen LogP contribution >= 0.6 is 7.82 Å². The van der Waals surface area contributed by atoms with Gasteiger partial charge in [-0.15, -0.1) is 0 Å². The van der Waals surface area contributed by atoms with Crippen LogP contribution in [0.2, 0.25) is 39.3 Å². The first-order chi connectivity index (χ1) is 7.46. The van der Waals surface area contributed by atoms with Gasteiger partial charge in [-0.2, -0.15) is 8.78 Å². The fraction of sp³-hybridized carbons (Fsp3) is 1.00. The topological polar surface area (TPSA) is 66.8 Å². The van der Waals surface area contributed by atoms with E-state index in [1.54, 1.807) is 0 Å². The van der Waals surface area contributed by atoms with Gasteiger partial charge in [0.25, 0.3) is 0 Å². The Bertz CT molecular complexity index is 344. The average Bonchev–Trinajstić information content (AvgIpc) is 1.92. The van der Waals surface area contributed by atoms with Gasteiger partial charge in [0.1, 0.15) is 0 Å². The second kappa shape index (κ2) is 4.71. The van der Waals surface area contributed by atoms with Crippen LogP contribution in [0, 0.1) is 0 Å². The lowest BCUT2D eigenvalue weighted by atomic mass is 10.7. The van der Waals surface area contributed by atoms with Crippen molar-refractivity contribution in [3.63, 3.8) is 0 Å². The molecule has 0 atom stereocenters. The zero-order valence-corrected chi connectivity index (χ0v) is 14.2. The van der Waals surface area contributed by atoms with E-state index in [4.69, 9.17) is 9.79 Å². The number of phosphoric acid groups is 1. The minimum absolute atomic E-state index is 1.39. The molecule has 0 bridgehead atoms. The maximum Gasteiger partial charge on any atom is 0.474 e. The molecule has 2 N–H and O–H groups in total. The molecular formula is C8H20F3O4PSi2. The normalized spacial score (nSPS) is 15.9. The molecule has 0 aliphatic carbocycles. The van der Waals surface area contributed by atoms with Gasteiger partial charge < -0.3 is 9.79 Å². The molecule has 0 aliphatic rings. The van der Waals surface area contributed by atoms with Gasteiger partial charge in [0.05, 0.1) is 16.1 Å². The smallest absolute Gasteiger partial charge is 0.303 e. The molecule has 0 aliphatic heterocycles. The maximum absolute atomic E-state index is 15.0. The first kappa shape index (κ1) is 18.3. The van der Waals surface area contributed by atoms with Crippen LogP contribution in [0.5, 0.6) is 0 Å². The molecule has 18 heavy (non-hydrogen) atoms. The highest BCUT2D eigenvalue weighted by Gasteiger charge is 2.71. The summed E-state index contributed by atoms with van der Waals surface area (Å²) < 4.78 is 57.0. The largest absolute Gasteiger partial charge is 0.474 e. The summed E-state index contributed by atoms with van der Waals surface area (Å²) in [6, 6.07) is 0. The SMILES string of the molecule is C[Si](C)(C)C(F)(C(F)(F)OP(=O)(O)O)[Si](C)(C)C. The number of phosphoric ester groups is 1. The second-order valence-electron chi connectivity index (χ2n) is 6.26. The van der Waals surface area contributed by atoms with Gasteiger partial charge in [0.2, 0.25) is 0 Å². The minimum atomic E-state index is -5.47. The predicted molar refractivity (Wildman–Crippen MR) is 68.6 cm³/mol. The zero-order chi connectivity index (χ0) is 15.2. The molecule has 0 spiro atoms. The fourth-order valence-corrected chi connectivity index (χ4v) is 13.7. The summed E-state index contributed by atoms with van der Waals surface area (Å²) in [4.78, 5) is 14.1. The Hall–Kier alpha value is 0.334. The summed E-state index contributed by atoms with van der Waals surface area (Å²) in [7, 11) is -11.7. The lowest BCUT2D eigenvalue weighted by molar-refractivity contribution is -0.226. The molecule has 0 saturated carbocycles. The highest BCUT2D eigenvalue weighted by atomic mass is 31.2. The molecule has 0 heterocycles. The minimum Gasteiger partial charge on any atom is -0.303 e. The molecule has 4 nitrogen and oxygen atoms in total. The third-order valence-corrected chi connectivity index (χ3v) is 12.4. The predicted octanol–water partition coefficient (Wildman–Crippen LogP) is 3.15. The van der Waals surface area contributed by atoms with Crippen LogP contribution in [-0.2, 0) is 9.09 Å². The van der Waals surface area contributed by atoms with Crippen LogP contribution in [-0.4, -0.2) is 37.0 Å². The van der Waals surface area contributed by atoms with Crippen LogP contribution in [0.1, 0.15) is 0 Å². The van der Waals surface area contributed by atoms with Crippen LogP contribution < -0.4 is 0 Å². The van der Waals surface area contributed by atoms with Crippen molar-refractivity contribution in [2.45, 2.75) is 50.3 Å². The summed E-state index contributed by atoms with van der Waals surface area (Å²) in [5.74, 6) is 0. The Kier molecular flexibility index (Phi) is 4.80. The van der Waals surface area contributed by atoms with Gasteiger partial charge in [-0.1, -0.05) is 39.3 Å². The molecule has 0 amide bonds. The Balaban J connectivity index is 5.85. The molecule has 0 aromatic rings. The van der Waals surface area contributed by atoms with E-state index >= 15 is 4.39 Å². The van der Waals surface area contributed by atoms with Crippen molar-refractivity contribution in [3.05, 3.63) is 0 Å². The molecular weight excluding hydrogens is 304 g/mol. The highest BCUT2D eigenvalue weighted by molar-refractivity contribution is 7.46. The van der Waals surface area contributed by atoms with Crippen molar-refractivity contribution >= 4 is 24.0 Å². The molecule has 0 radical (unpaired) electrons. The van der Waals surface area contributed by atoms with E-state index in [9.17, 15) is 13.3 Å². The Morgan fingerprint density at radius 2 is 1.22 bits per heavy atom. The van der Waals surface area contributed by atoms with E-state index in [1.807, 2.05) is 0 Å². The van der Waals surface area contributed by atoms with Crippen LogP contribution in [0.3, 0.4) is 0 Å². The van der Waals surface area contributed by atoms with Crippen molar-refractivity contribution in [3.8, 4) is 0 Å². The summed E-state index contributed by atoms with van der Waals surface area (Å²) in [5, 5.41) is 0. The Morgan fingerprint density at radius 3 is 1.39 bits per heavy atom. The highest BCUT2D eigenvalue weighted by Crippen LogP contribution is 2.53. The molecule has 0 unspecified atom stereocenters. The molecule has 0 aromatic carbocycles. The molecule has 110 valence electrons. The fourth-order valence-electron chi connectivity index (χ4n) is 2.21. The first-order valence-corrected chi connectivity index (χ1v) is 13.8. The van der Waals surface area contributed by atoms with Gasteiger partial charge in [0.15, 0.2) is 4.92 Å². The van der Waals surface area contributed by atoms with Crippen molar-refractivity contribution in [2.75, 3.05) is 0 Å². The van der Waals surface area contributed by atoms with Crippen molar-refractivity contribution < 1.29 is 32.0 Å². The van der Waals surface area contributed by atoms with Crippen molar-refractivity contribution in [1.82, 2.24) is 0 Å².